The number of halogens is 2. The molecule has 0 radical (unpaired) electrons. The van der Waals surface area contributed by atoms with Gasteiger partial charge in [0, 0.05) is 20.0 Å². The van der Waals surface area contributed by atoms with E-state index in [1.54, 1.807) is 18.3 Å². The normalized spacial score (nSPS) is 11.6. The van der Waals surface area contributed by atoms with Crippen LogP contribution in [0.2, 0.25) is 0 Å². The highest BCUT2D eigenvalue weighted by atomic mass is 79.9. The number of hydrogen-bond acceptors (Lipinski definition) is 4. The lowest BCUT2D eigenvalue weighted by atomic mass is 10.2. The van der Waals surface area contributed by atoms with Gasteiger partial charge in [-0.15, -0.1) is 11.3 Å². The van der Waals surface area contributed by atoms with Crippen LogP contribution in [0.1, 0.15) is 10.4 Å². The van der Waals surface area contributed by atoms with Crippen LogP contribution in [0.25, 0.3) is 0 Å². The molecule has 0 fully saturated rings. The Bertz CT molecular complexity index is 726. The molecule has 2 aromatic rings. The molecule has 19 heavy (non-hydrogen) atoms. The monoisotopic (exact) mass is 424 g/mol. The van der Waals surface area contributed by atoms with E-state index in [1.165, 1.54) is 11.3 Å². The zero-order chi connectivity index (χ0) is 14.2. The molecule has 0 spiro atoms. The summed E-state index contributed by atoms with van der Waals surface area (Å²) >= 11 is 7.91. The lowest BCUT2D eigenvalue weighted by molar-refractivity contribution is 0.600. The minimum atomic E-state index is -3.65. The fourth-order valence-corrected chi connectivity index (χ4v) is 4.99. The number of nitrogens with zero attached hydrogens (tertiary/aromatic N) is 1. The number of anilines is 1. The Morgan fingerprint density at radius 1 is 1.21 bits per heavy atom. The van der Waals surface area contributed by atoms with Crippen molar-refractivity contribution >= 4 is 58.4 Å². The molecular formula is C11H10Br2N2O2S2. The van der Waals surface area contributed by atoms with E-state index < -0.39 is 10.0 Å². The summed E-state index contributed by atoms with van der Waals surface area (Å²) in [6, 6.07) is 3.33. The zero-order valence-electron chi connectivity index (χ0n) is 10.1. The van der Waals surface area contributed by atoms with Gasteiger partial charge in [0.15, 0.2) is 5.13 Å². The molecule has 0 aliphatic heterocycles. The summed E-state index contributed by atoms with van der Waals surface area (Å²) in [5.74, 6) is 0. The van der Waals surface area contributed by atoms with Gasteiger partial charge in [-0.2, -0.15) is 0 Å². The van der Waals surface area contributed by atoms with Crippen LogP contribution in [0.4, 0.5) is 5.13 Å². The van der Waals surface area contributed by atoms with Crippen LogP contribution in [-0.4, -0.2) is 13.4 Å². The maximum Gasteiger partial charge on any atom is 0.264 e. The van der Waals surface area contributed by atoms with Crippen LogP contribution in [0.5, 0.6) is 0 Å². The molecule has 1 aromatic heterocycles. The fourth-order valence-electron chi connectivity index (χ4n) is 1.41. The van der Waals surface area contributed by atoms with Crippen LogP contribution in [-0.2, 0) is 10.0 Å². The molecule has 102 valence electrons. The molecule has 0 saturated carbocycles. The summed E-state index contributed by atoms with van der Waals surface area (Å²) in [4.78, 5) is 5.12. The first-order valence-corrected chi connectivity index (χ1v) is 9.09. The maximum atomic E-state index is 12.3. The molecule has 4 nitrogen and oxygen atoms in total. The second-order valence-electron chi connectivity index (χ2n) is 3.91. The van der Waals surface area contributed by atoms with Crippen molar-refractivity contribution in [2.45, 2.75) is 18.7 Å². The Kier molecular flexibility index (Phi) is 4.34. The van der Waals surface area contributed by atoms with E-state index in [2.05, 4.69) is 41.6 Å². The molecule has 0 amide bonds. The topological polar surface area (TPSA) is 59.1 Å². The van der Waals surface area contributed by atoms with Gasteiger partial charge in [0.05, 0.1) is 0 Å². The Labute approximate surface area is 132 Å². The molecule has 1 aromatic carbocycles. The molecule has 1 heterocycles. The summed E-state index contributed by atoms with van der Waals surface area (Å²) in [6.07, 6.45) is 1.63. The molecule has 2 rings (SSSR count). The number of aromatic nitrogens is 1. The van der Waals surface area contributed by atoms with Gasteiger partial charge in [-0.25, -0.2) is 13.4 Å². The second kappa shape index (κ2) is 5.51. The maximum absolute atomic E-state index is 12.3. The molecule has 0 aliphatic rings. The van der Waals surface area contributed by atoms with Gasteiger partial charge in [0.1, 0.15) is 4.90 Å². The summed E-state index contributed by atoms with van der Waals surface area (Å²) in [6.45, 7) is 3.76. The quantitative estimate of drug-likeness (QED) is 0.805. The van der Waals surface area contributed by atoms with E-state index >= 15 is 0 Å². The van der Waals surface area contributed by atoms with E-state index in [1.807, 2.05) is 13.8 Å². The lowest BCUT2D eigenvalue weighted by Crippen LogP contribution is -2.13. The summed E-state index contributed by atoms with van der Waals surface area (Å²) in [5, 5.41) is 0.362. The summed E-state index contributed by atoms with van der Waals surface area (Å²) < 4.78 is 28.3. The van der Waals surface area contributed by atoms with Gasteiger partial charge in [0.25, 0.3) is 10.0 Å². The van der Waals surface area contributed by atoms with Crippen LogP contribution in [0.15, 0.2) is 32.2 Å². The number of rotatable bonds is 3. The third-order valence-electron chi connectivity index (χ3n) is 2.35. The molecule has 0 bridgehead atoms. The largest absolute Gasteiger partial charge is 0.264 e. The van der Waals surface area contributed by atoms with E-state index in [9.17, 15) is 8.42 Å². The second-order valence-corrected chi connectivity index (χ2v) is 8.51. The summed E-state index contributed by atoms with van der Waals surface area (Å²) in [5.41, 5.74) is 0.955. The Morgan fingerprint density at radius 2 is 1.89 bits per heavy atom. The fraction of sp³-hybridized carbons (Fsp3) is 0.182. The highest BCUT2D eigenvalue weighted by Gasteiger charge is 2.20. The number of hydrogen-bond donors (Lipinski definition) is 1. The smallest absolute Gasteiger partial charge is 0.255 e. The van der Waals surface area contributed by atoms with Crippen molar-refractivity contribution in [3.8, 4) is 0 Å². The van der Waals surface area contributed by atoms with Crippen LogP contribution < -0.4 is 4.72 Å². The minimum absolute atomic E-state index is 0.179. The third kappa shape index (κ3) is 3.36. The first-order chi connectivity index (χ1) is 8.79. The van der Waals surface area contributed by atoms with Gasteiger partial charge in [-0.05, 0) is 47.5 Å². The van der Waals surface area contributed by atoms with E-state index in [0.29, 0.717) is 9.60 Å². The van der Waals surface area contributed by atoms with Crippen LogP contribution >= 0.6 is 43.2 Å². The third-order valence-corrected chi connectivity index (χ3v) is 6.45. The molecule has 8 heteroatoms. The van der Waals surface area contributed by atoms with E-state index in [-0.39, 0.29) is 4.90 Å². The standard InChI is InChI=1S/C11H10Br2N2O2S2/c1-6-3-9(13)10(4-8(6)12)19(16,17)15-11-14-5-7(2)18-11/h3-5H,1-2H3,(H,14,15). The average Bonchev–Trinajstić information content (AvgIpc) is 2.68. The number of aryl methyl sites for hydroxylation is 2. The first-order valence-electron chi connectivity index (χ1n) is 5.20. The first kappa shape index (κ1) is 15.0. The Balaban J connectivity index is 2.42. The number of thiazole rings is 1. The van der Waals surface area contributed by atoms with Crippen molar-refractivity contribution in [2.75, 3.05) is 4.72 Å². The SMILES string of the molecule is Cc1cnc(NS(=O)(=O)c2cc(Br)c(C)cc2Br)s1. The summed E-state index contributed by atoms with van der Waals surface area (Å²) in [7, 11) is -3.65. The lowest BCUT2D eigenvalue weighted by Gasteiger charge is -2.09. The minimum Gasteiger partial charge on any atom is -0.255 e. The number of benzene rings is 1. The van der Waals surface area contributed by atoms with Crippen molar-refractivity contribution < 1.29 is 8.42 Å². The zero-order valence-corrected chi connectivity index (χ0v) is 14.9. The van der Waals surface area contributed by atoms with Gasteiger partial charge >= 0.3 is 0 Å². The van der Waals surface area contributed by atoms with Crippen molar-refractivity contribution in [2.24, 2.45) is 0 Å². The number of nitrogens with one attached hydrogen (secondary N) is 1. The van der Waals surface area contributed by atoms with Gasteiger partial charge in [-0.1, -0.05) is 15.9 Å². The molecule has 0 atom stereocenters. The molecule has 0 aliphatic carbocycles. The van der Waals surface area contributed by atoms with Crippen molar-refractivity contribution in [1.29, 1.82) is 0 Å². The highest BCUT2D eigenvalue weighted by molar-refractivity contribution is 9.11. The van der Waals surface area contributed by atoms with Crippen molar-refractivity contribution in [1.82, 2.24) is 4.98 Å². The number of sulfonamides is 1. The van der Waals surface area contributed by atoms with Crippen LogP contribution in [0, 0.1) is 13.8 Å². The average molecular weight is 426 g/mol. The van der Waals surface area contributed by atoms with Crippen molar-refractivity contribution in [3.63, 3.8) is 0 Å². The van der Waals surface area contributed by atoms with E-state index in [4.69, 9.17) is 0 Å². The van der Waals surface area contributed by atoms with Gasteiger partial charge in [-0.3, -0.25) is 4.72 Å². The van der Waals surface area contributed by atoms with E-state index in [0.717, 1.165) is 14.9 Å². The van der Waals surface area contributed by atoms with Crippen molar-refractivity contribution in [3.05, 3.63) is 37.7 Å². The molecular weight excluding hydrogens is 416 g/mol. The molecule has 0 unspecified atom stereocenters. The molecule has 0 saturated heterocycles. The Hall–Kier alpha value is -0.440. The highest BCUT2D eigenvalue weighted by Crippen LogP contribution is 2.30. The predicted octanol–water partition coefficient (Wildman–Crippen LogP) is 4.09. The van der Waals surface area contributed by atoms with Gasteiger partial charge < -0.3 is 0 Å². The van der Waals surface area contributed by atoms with Crippen LogP contribution in [0.3, 0.4) is 0 Å². The molecule has 1 N–H and O–H groups in total. The Morgan fingerprint density at radius 3 is 2.47 bits per heavy atom. The van der Waals surface area contributed by atoms with Gasteiger partial charge in [0.2, 0.25) is 0 Å². The predicted molar refractivity (Wildman–Crippen MR) is 84.2 cm³/mol.